The van der Waals surface area contributed by atoms with E-state index in [-0.39, 0.29) is 5.76 Å². The second-order valence-corrected chi connectivity index (χ2v) is 5.86. The lowest BCUT2D eigenvalue weighted by atomic mass is 10.0. The molecule has 0 aliphatic heterocycles. The Morgan fingerprint density at radius 3 is 2.10 bits per heavy atom. The maximum absolute atomic E-state index is 10.5. The fraction of sp³-hybridized carbons (Fsp3) is 0.125. The topological polar surface area (TPSA) is 36.4 Å². The minimum atomic E-state index is 0.117. The maximum atomic E-state index is 10.5. The van der Waals surface area contributed by atoms with E-state index in [0.717, 1.165) is 11.3 Å². The van der Waals surface area contributed by atoms with Crippen molar-refractivity contribution in [3.8, 4) is 0 Å². The van der Waals surface area contributed by atoms with Gasteiger partial charge in [0.05, 0.1) is 4.20 Å². The zero-order valence-corrected chi connectivity index (χ0v) is 13.5. The van der Waals surface area contributed by atoms with Crippen LogP contribution in [0.3, 0.4) is 0 Å². The van der Waals surface area contributed by atoms with Crippen LogP contribution in [0.25, 0.3) is 11.3 Å². The van der Waals surface area contributed by atoms with Gasteiger partial charge in [0.1, 0.15) is 5.76 Å². The van der Waals surface area contributed by atoms with Gasteiger partial charge in [0.2, 0.25) is 0 Å². The first-order chi connectivity index (χ1) is 10.0. The number of anilines is 1. The van der Waals surface area contributed by atoms with Crippen molar-refractivity contribution >= 4 is 46.1 Å². The van der Waals surface area contributed by atoms with Crippen LogP contribution in [0.2, 0.25) is 0 Å². The van der Waals surface area contributed by atoms with Crippen LogP contribution < -0.4 is 4.90 Å². The predicted molar refractivity (Wildman–Crippen MR) is 96.0 cm³/mol. The summed E-state index contributed by atoms with van der Waals surface area (Å²) >= 11 is 9.39. The molecule has 108 valence electrons. The molecule has 0 aliphatic carbocycles. The third-order valence-electron chi connectivity index (χ3n) is 3.08. The third kappa shape index (κ3) is 3.62. The molecule has 1 aromatic carbocycles. The van der Waals surface area contributed by atoms with Gasteiger partial charge in [-0.15, -0.1) is 12.6 Å². The summed E-state index contributed by atoms with van der Waals surface area (Å²) in [6.07, 6.45) is 3.31. The summed E-state index contributed by atoms with van der Waals surface area (Å²) in [5.41, 5.74) is 3.08. The summed E-state index contributed by atoms with van der Waals surface area (Å²) in [6, 6.07) is 11.2. The molecule has 0 radical (unpaired) electrons. The van der Waals surface area contributed by atoms with Gasteiger partial charge in [-0.25, -0.2) is 0 Å². The first-order valence-electron chi connectivity index (χ1n) is 6.35. The van der Waals surface area contributed by atoms with Gasteiger partial charge in [0.15, 0.2) is 0 Å². The molecule has 1 aromatic heterocycles. The smallest absolute Gasteiger partial charge is 0.132 e. The van der Waals surface area contributed by atoms with Crippen molar-refractivity contribution in [1.29, 1.82) is 0 Å². The molecule has 21 heavy (non-hydrogen) atoms. The average molecular weight is 316 g/mol. The summed E-state index contributed by atoms with van der Waals surface area (Å²) in [4.78, 5) is 5.97. The summed E-state index contributed by atoms with van der Waals surface area (Å²) in [5, 5.41) is 10.5. The van der Waals surface area contributed by atoms with Crippen molar-refractivity contribution in [3.63, 3.8) is 0 Å². The Kier molecular flexibility index (Phi) is 4.98. The average Bonchev–Trinajstić information content (AvgIpc) is 2.48. The van der Waals surface area contributed by atoms with E-state index in [9.17, 15) is 5.11 Å². The number of hydrogen-bond donors (Lipinski definition) is 2. The molecular weight excluding hydrogens is 300 g/mol. The molecule has 0 bridgehead atoms. The standard InChI is InChI=1S/C16H16N2OS2/c1-18(2)13-5-3-12(4-6-13)15(19)14(16(20)21)11-7-9-17-10-8-11/h3-10,19H,1-2H3,(H,20,21). The molecule has 0 amide bonds. The van der Waals surface area contributed by atoms with Crippen molar-refractivity contribution < 1.29 is 5.11 Å². The molecule has 3 nitrogen and oxygen atoms in total. The second-order valence-electron chi connectivity index (χ2n) is 4.71. The SMILES string of the molecule is CN(C)c1ccc(C(O)=C(C(=S)S)c2ccncc2)cc1. The summed E-state index contributed by atoms with van der Waals surface area (Å²) in [7, 11) is 3.94. The number of thiol groups is 1. The Morgan fingerprint density at radius 1 is 1.05 bits per heavy atom. The molecule has 1 N–H and O–H groups in total. The molecule has 0 fully saturated rings. The second kappa shape index (κ2) is 6.74. The van der Waals surface area contributed by atoms with Crippen molar-refractivity contribution in [2.24, 2.45) is 0 Å². The molecule has 0 aliphatic rings. The zero-order valence-electron chi connectivity index (χ0n) is 11.8. The van der Waals surface area contributed by atoms with Crippen molar-refractivity contribution in [2.45, 2.75) is 0 Å². The zero-order chi connectivity index (χ0) is 15.4. The molecule has 0 atom stereocenters. The van der Waals surface area contributed by atoms with E-state index in [2.05, 4.69) is 17.6 Å². The van der Waals surface area contributed by atoms with Gasteiger partial charge < -0.3 is 10.0 Å². The highest BCUT2D eigenvalue weighted by Crippen LogP contribution is 2.28. The Balaban J connectivity index is 2.50. The number of aromatic nitrogens is 1. The predicted octanol–water partition coefficient (Wildman–Crippen LogP) is 3.83. The van der Waals surface area contributed by atoms with Gasteiger partial charge in [-0.1, -0.05) is 12.2 Å². The van der Waals surface area contributed by atoms with Crippen LogP contribution in [0.15, 0.2) is 48.8 Å². The van der Waals surface area contributed by atoms with Gasteiger partial charge in [-0.3, -0.25) is 4.98 Å². The summed E-state index contributed by atoms with van der Waals surface area (Å²) in [6.45, 7) is 0. The minimum absolute atomic E-state index is 0.117. The van der Waals surface area contributed by atoms with Crippen molar-refractivity contribution in [2.75, 3.05) is 19.0 Å². The van der Waals surface area contributed by atoms with Crippen LogP contribution >= 0.6 is 24.8 Å². The number of nitrogens with zero attached hydrogens (tertiary/aromatic N) is 2. The Morgan fingerprint density at radius 2 is 1.62 bits per heavy atom. The van der Waals surface area contributed by atoms with Gasteiger partial charge in [-0.05, 0) is 42.0 Å². The number of rotatable bonds is 4. The Hall–Kier alpha value is -1.85. The normalized spacial score (nSPS) is 11.8. The molecule has 2 aromatic rings. The van der Waals surface area contributed by atoms with E-state index < -0.39 is 0 Å². The fourth-order valence-corrected chi connectivity index (χ4v) is 2.39. The number of benzene rings is 1. The molecule has 0 unspecified atom stereocenters. The lowest BCUT2D eigenvalue weighted by Crippen LogP contribution is -2.08. The number of aliphatic hydroxyl groups excluding tert-OH is 1. The number of aliphatic hydroxyl groups is 1. The van der Waals surface area contributed by atoms with E-state index in [1.165, 1.54) is 0 Å². The molecule has 0 spiro atoms. The highest BCUT2D eigenvalue weighted by atomic mass is 32.1. The van der Waals surface area contributed by atoms with E-state index >= 15 is 0 Å². The maximum Gasteiger partial charge on any atom is 0.132 e. The van der Waals surface area contributed by atoms with Gasteiger partial charge in [0, 0.05) is 43.3 Å². The first-order valence-corrected chi connectivity index (χ1v) is 7.21. The highest BCUT2D eigenvalue weighted by molar-refractivity contribution is 8.12. The van der Waals surface area contributed by atoms with Crippen LogP contribution in [-0.4, -0.2) is 28.4 Å². The number of thiocarbonyl (C=S) groups is 1. The monoisotopic (exact) mass is 316 g/mol. The molecule has 0 saturated carbocycles. The molecule has 1 heterocycles. The van der Waals surface area contributed by atoms with Gasteiger partial charge >= 0.3 is 0 Å². The lowest BCUT2D eigenvalue weighted by Gasteiger charge is -2.14. The molecule has 0 saturated heterocycles. The van der Waals surface area contributed by atoms with Crippen LogP contribution in [0, 0.1) is 0 Å². The fourth-order valence-electron chi connectivity index (χ4n) is 1.94. The minimum Gasteiger partial charge on any atom is -0.507 e. The van der Waals surface area contributed by atoms with Crippen molar-refractivity contribution in [3.05, 3.63) is 59.9 Å². The quantitative estimate of drug-likeness (QED) is 0.389. The third-order valence-corrected chi connectivity index (χ3v) is 3.50. The van der Waals surface area contributed by atoms with E-state index in [1.807, 2.05) is 43.3 Å². The van der Waals surface area contributed by atoms with Crippen molar-refractivity contribution in [1.82, 2.24) is 4.98 Å². The highest BCUT2D eigenvalue weighted by Gasteiger charge is 2.13. The van der Waals surface area contributed by atoms with Crippen LogP contribution in [0.5, 0.6) is 0 Å². The van der Waals surface area contributed by atoms with Crippen LogP contribution in [-0.2, 0) is 0 Å². The number of hydrogen-bond acceptors (Lipinski definition) is 4. The number of pyridine rings is 1. The Bertz CT molecular complexity index is 664. The van der Waals surface area contributed by atoms with E-state index in [0.29, 0.717) is 15.3 Å². The largest absolute Gasteiger partial charge is 0.507 e. The van der Waals surface area contributed by atoms with Crippen LogP contribution in [0.1, 0.15) is 11.1 Å². The van der Waals surface area contributed by atoms with Crippen LogP contribution in [0.4, 0.5) is 5.69 Å². The first kappa shape index (κ1) is 15.5. The molecule has 2 rings (SSSR count). The molecular formula is C16H16N2OS2. The summed E-state index contributed by atoms with van der Waals surface area (Å²) in [5.74, 6) is 0.117. The van der Waals surface area contributed by atoms with Gasteiger partial charge in [0.25, 0.3) is 0 Å². The lowest BCUT2D eigenvalue weighted by molar-refractivity contribution is 0.514. The summed E-state index contributed by atoms with van der Waals surface area (Å²) < 4.78 is 0.343. The van der Waals surface area contributed by atoms with Gasteiger partial charge in [-0.2, -0.15) is 0 Å². The van der Waals surface area contributed by atoms with E-state index in [1.54, 1.807) is 24.5 Å². The molecule has 5 heteroatoms. The van der Waals surface area contributed by atoms with E-state index in [4.69, 9.17) is 12.2 Å². The Labute approximate surface area is 135 Å².